The van der Waals surface area contributed by atoms with E-state index in [1.807, 2.05) is 31.4 Å². The third-order valence-electron chi connectivity index (χ3n) is 6.45. The Hall–Kier alpha value is -3.65. The van der Waals surface area contributed by atoms with Gasteiger partial charge in [-0.05, 0) is 53.9 Å². The Morgan fingerprint density at radius 3 is 2.67 bits per heavy atom. The molecule has 7 nitrogen and oxygen atoms in total. The third-order valence-corrected chi connectivity index (χ3v) is 6.45. The van der Waals surface area contributed by atoms with Crippen molar-refractivity contribution in [2.75, 3.05) is 20.3 Å². The standard InChI is InChI=1S/C26H23B2FN4O3/c1-15-11-16(17-6-7-22(36-10-9-35-3)23-20(17)13-32(2)31-23)12-21(29)19(15)14-33-25(34)18-5-4-8-30-24(18)26(33,27)28/h4-8,11-13H,9-10,14H2,1-3H3. The first-order chi connectivity index (χ1) is 17.2. The van der Waals surface area contributed by atoms with Crippen LogP contribution in [0.3, 0.4) is 0 Å². The average molecular weight is 480 g/mol. The van der Waals surface area contributed by atoms with E-state index in [2.05, 4.69) is 10.1 Å². The monoisotopic (exact) mass is 480 g/mol. The predicted molar refractivity (Wildman–Crippen MR) is 136 cm³/mol. The molecule has 0 bridgehead atoms. The number of ether oxygens (including phenoxy) is 2. The highest BCUT2D eigenvalue weighted by Crippen LogP contribution is 2.38. The van der Waals surface area contributed by atoms with Gasteiger partial charge in [0.05, 0.1) is 33.6 Å². The molecule has 0 unspecified atom stereocenters. The molecule has 3 heterocycles. The van der Waals surface area contributed by atoms with Crippen molar-refractivity contribution in [3.63, 3.8) is 0 Å². The minimum Gasteiger partial charge on any atom is -0.489 e. The number of halogens is 1. The molecule has 1 aliphatic rings. The van der Waals surface area contributed by atoms with Gasteiger partial charge in [-0.25, -0.2) is 4.39 Å². The van der Waals surface area contributed by atoms with E-state index >= 15 is 4.39 Å². The molecule has 36 heavy (non-hydrogen) atoms. The first kappa shape index (κ1) is 24.1. The number of aromatic nitrogens is 3. The zero-order chi connectivity index (χ0) is 25.6. The molecule has 2 aromatic carbocycles. The Labute approximate surface area is 211 Å². The number of rotatable bonds is 7. The number of hydrogen-bond acceptors (Lipinski definition) is 5. The summed E-state index contributed by atoms with van der Waals surface area (Å²) < 4.78 is 28.1. The van der Waals surface area contributed by atoms with Crippen LogP contribution in [0.4, 0.5) is 4.39 Å². The van der Waals surface area contributed by atoms with Gasteiger partial charge in [0.1, 0.15) is 23.7 Å². The van der Waals surface area contributed by atoms with Crippen LogP contribution in [0.1, 0.15) is 27.2 Å². The lowest BCUT2D eigenvalue weighted by Gasteiger charge is -2.33. The second-order valence-electron chi connectivity index (χ2n) is 8.89. The molecule has 0 N–H and O–H groups in total. The van der Waals surface area contributed by atoms with Gasteiger partial charge in [0.2, 0.25) is 0 Å². The van der Waals surface area contributed by atoms with E-state index in [0.717, 1.165) is 10.9 Å². The molecule has 10 heteroatoms. The van der Waals surface area contributed by atoms with Crippen molar-refractivity contribution in [3.8, 4) is 16.9 Å². The maximum atomic E-state index is 15.6. The van der Waals surface area contributed by atoms with Crippen LogP contribution < -0.4 is 4.74 Å². The molecule has 1 amide bonds. The normalized spacial score (nSPS) is 14.4. The molecular formula is C26H23B2FN4O3. The zero-order valence-electron chi connectivity index (χ0n) is 20.3. The first-order valence-corrected chi connectivity index (χ1v) is 11.4. The van der Waals surface area contributed by atoms with Crippen LogP contribution in [0.25, 0.3) is 22.0 Å². The fraction of sp³-hybridized carbons (Fsp3) is 0.269. The van der Waals surface area contributed by atoms with Crippen LogP contribution >= 0.6 is 0 Å². The summed E-state index contributed by atoms with van der Waals surface area (Å²) >= 11 is 0. The Balaban J connectivity index is 1.50. The fourth-order valence-corrected chi connectivity index (χ4v) is 4.63. The van der Waals surface area contributed by atoms with Crippen LogP contribution in [-0.4, -0.2) is 61.6 Å². The number of nitrogens with zero attached hydrogens (tertiary/aromatic N) is 4. The van der Waals surface area contributed by atoms with Gasteiger partial charge >= 0.3 is 0 Å². The van der Waals surface area contributed by atoms with Crippen molar-refractivity contribution < 1.29 is 18.7 Å². The second-order valence-corrected chi connectivity index (χ2v) is 8.89. The van der Waals surface area contributed by atoms with Crippen LogP contribution in [0, 0.1) is 12.7 Å². The molecule has 0 fully saturated rings. The number of methoxy groups -OCH3 is 1. The summed E-state index contributed by atoms with van der Waals surface area (Å²) in [6.45, 7) is 2.55. The number of amides is 1. The molecule has 0 spiro atoms. The third kappa shape index (κ3) is 3.95. The topological polar surface area (TPSA) is 69.5 Å². The van der Waals surface area contributed by atoms with Gasteiger partial charge in [-0.1, -0.05) is 6.07 Å². The molecule has 4 radical (unpaired) electrons. The predicted octanol–water partition coefficient (Wildman–Crippen LogP) is 3.21. The molecule has 2 aromatic heterocycles. The van der Waals surface area contributed by atoms with E-state index in [1.54, 1.807) is 30.8 Å². The fourth-order valence-electron chi connectivity index (χ4n) is 4.63. The summed E-state index contributed by atoms with van der Waals surface area (Å²) in [4.78, 5) is 18.4. The maximum Gasteiger partial charge on any atom is 0.255 e. The number of carbonyl (C=O) groups excluding carboxylic acids is 1. The number of hydrogen-bond donors (Lipinski definition) is 0. The number of fused-ring (bicyclic) bond motifs is 2. The Morgan fingerprint density at radius 2 is 1.94 bits per heavy atom. The number of benzene rings is 2. The van der Waals surface area contributed by atoms with Crippen LogP contribution in [0.2, 0.25) is 0 Å². The van der Waals surface area contributed by atoms with Crippen molar-refractivity contribution in [1.82, 2.24) is 19.7 Å². The van der Waals surface area contributed by atoms with Gasteiger partial charge < -0.3 is 14.4 Å². The van der Waals surface area contributed by atoms with Crippen molar-refractivity contribution in [1.29, 1.82) is 0 Å². The molecule has 5 rings (SSSR count). The zero-order valence-corrected chi connectivity index (χ0v) is 20.3. The van der Waals surface area contributed by atoms with Crippen molar-refractivity contribution in [3.05, 3.63) is 77.0 Å². The smallest absolute Gasteiger partial charge is 0.255 e. The van der Waals surface area contributed by atoms with Crippen LogP contribution in [-0.2, 0) is 23.7 Å². The quantitative estimate of drug-likeness (QED) is 0.300. The molecule has 0 saturated carbocycles. The molecule has 0 atom stereocenters. The molecular weight excluding hydrogens is 457 g/mol. The van der Waals surface area contributed by atoms with Crippen molar-refractivity contribution in [2.45, 2.75) is 18.8 Å². The summed E-state index contributed by atoms with van der Waals surface area (Å²) in [7, 11) is 16.0. The first-order valence-electron chi connectivity index (χ1n) is 11.4. The summed E-state index contributed by atoms with van der Waals surface area (Å²) in [5, 5.41) is 3.73. The number of carbonyl (C=O) groups is 1. The van der Waals surface area contributed by atoms with Gasteiger partial charge in [-0.3, -0.25) is 14.5 Å². The average Bonchev–Trinajstić information content (AvgIpc) is 3.32. The van der Waals surface area contributed by atoms with Crippen LogP contribution in [0.15, 0.2) is 48.8 Å². The van der Waals surface area contributed by atoms with Crippen molar-refractivity contribution in [2.24, 2.45) is 7.05 Å². The van der Waals surface area contributed by atoms with Gasteiger partial charge in [-0.2, -0.15) is 5.10 Å². The highest BCUT2D eigenvalue weighted by atomic mass is 19.1. The minimum absolute atomic E-state index is 0.0886. The second kappa shape index (κ2) is 9.09. The summed E-state index contributed by atoms with van der Waals surface area (Å²) in [6, 6.07) is 10.3. The summed E-state index contributed by atoms with van der Waals surface area (Å²) in [5.74, 6) is -0.217. The molecule has 4 aromatic rings. The molecule has 178 valence electrons. The SMILES string of the molecule is [B]C1([B])c2ncccc2C(=O)N1Cc1c(C)cc(-c2ccc(OCCOC)c3nn(C)cc23)cc1F. The lowest BCUT2D eigenvalue weighted by Crippen LogP contribution is -2.45. The number of pyridine rings is 1. The van der Waals surface area contributed by atoms with Crippen molar-refractivity contribution >= 4 is 32.5 Å². The lowest BCUT2D eigenvalue weighted by molar-refractivity contribution is 0.0729. The van der Waals surface area contributed by atoms with E-state index in [1.165, 1.54) is 17.2 Å². The minimum atomic E-state index is -1.63. The Bertz CT molecular complexity index is 1460. The van der Waals surface area contributed by atoms with Gasteiger partial charge in [0.25, 0.3) is 5.91 Å². The molecule has 0 saturated heterocycles. The number of aryl methyl sites for hydroxylation is 2. The highest BCUT2D eigenvalue weighted by molar-refractivity contribution is 6.42. The van der Waals surface area contributed by atoms with E-state index in [9.17, 15) is 4.79 Å². The van der Waals surface area contributed by atoms with E-state index < -0.39 is 11.2 Å². The van der Waals surface area contributed by atoms with Gasteiger partial charge in [0.15, 0.2) is 0 Å². The largest absolute Gasteiger partial charge is 0.489 e. The molecule has 1 aliphatic heterocycles. The molecule has 0 aliphatic carbocycles. The maximum absolute atomic E-state index is 15.6. The van der Waals surface area contributed by atoms with E-state index in [4.69, 9.17) is 25.2 Å². The Kier molecular flexibility index (Phi) is 6.08. The highest BCUT2D eigenvalue weighted by Gasteiger charge is 2.43. The Morgan fingerprint density at radius 1 is 1.14 bits per heavy atom. The van der Waals surface area contributed by atoms with Gasteiger partial charge in [-0.15, -0.1) is 0 Å². The van der Waals surface area contributed by atoms with Crippen LogP contribution in [0.5, 0.6) is 5.75 Å². The summed E-state index contributed by atoms with van der Waals surface area (Å²) in [6.07, 6.45) is 3.40. The van der Waals surface area contributed by atoms with E-state index in [0.29, 0.717) is 46.7 Å². The summed E-state index contributed by atoms with van der Waals surface area (Å²) in [5.41, 5.74) is 3.76. The lowest BCUT2D eigenvalue weighted by atomic mass is 9.59. The van der Waals surface area contributed by atoms with Gasteiger partial charge in [0, 0.05) is 49.4 Å². The van der Waals surface area contributed by atoms with E-state index in [-0.39, 0.29) is 18.1 Å².